The zero-order valence-corrected chi connectivity index (χ0v) is 13.8. The summed E-state index contributed by atoms with van der Waals surface area (Å²) >= 11 is 7.20. The number of fused-ring (bicyclic) bond motifs is 1. The summed E-state index contributed by atoms with van der Waals surface area (Å²) in [6.07, 6.45) is 0.188. The lowest BCUT2D eigenvalue weighted by atomic mass is 10.1. The normalized spacial score (nSPS) is 19.6. The monoisotopic (exact) mass is 364 g/mol. The van der Waals surface area contributed by atoms with Crippen LogP contribution in [0.25, 0.3) is 10.2 Å². The molecule has 1 fully saturated rings. The number of amides is 1. The summed E-state index contributed by atoms with van der Waals surface area (Å²) in [4.78, 5) is 17.8. The third kappa shape index (κ3) is 3.31. The van der Waals surface area contributed by atoms with Crippen LogP contribution in [0.5, 0.6) is 0 Å². The molecule has 2 heterocycles. The maximum Gasteiger partial charge on any atom is 0.232 e. The SMILES string of the molecule is O=C1CC(CS(=O)(=O)Cl)CN1c1ccc2nc(Cl)sc2c1. The van der Waals surface area contributed by atoms with Gasteiger partial charge in [-0.25, -0.2) is 13.4 Å². The first-order valence-electron chi connectivity index (χ1n) is 6.10. The Hall–Kier alpha value is -0.890. The van der Waals surface area contributed by atoms with Crippen LogP contribution in [-0.4, -0.2) is 31.6 Å². The summed E-state index contributed by atoms with van der Waals surface area (Å²) < 4.78 is 23.6. The van der Waals surface area contributed by atoms with Crippen LogP contribution in [0.1, 0.15) is 6.42 Å². The molecule has 1 aliphatic rings. The molecule has 0 N–H and O–H groups in total. The van der Waals surface area contributed by atoms with Crippen LogP contribution < -0.4 is 4.90 Å². The van der Waals surface area contributed by atoms with Gasteiger partial charge in [0.25, 0.3) is 0 Å². The number of anilines is 1. The van der Waals surface area contributed by atoms with E-state index in [1.165, 1.54) is 11.3 Å². The maximum absolute atomic E-state index is 12.1. The van der Waals surface area contributed by atoms with Gasteiger partial charge >= 0.3 is 0 Å². The van der Waals surface area contributed by atoms with E-state index in [4.69, 9.17) is 22.3 Å². The topological polar surface area (TPSA) is 67.3 Å². The second-order valence-electron chi connectivity index (χ2n) is 4.90. The molecule has 9 heteroatoms. The molecule has 3 rings (SSSR count). The van der Waals surface area contributed by atoms with E-state index < -0.39 is 9.05 Å². The molecule has 1 aromatic heterocycles. The number of hydrogen-bond acceptors (Lipinski definition) is 5. The molecule has 0 aliphatic carbocycles. The quantitative estimate of drug-likeness (QED) is 0.785. The molecule has 1 unspecified atom stereocenters. The van der Waals surface area contributed by atoms with E-state index in [2.05, 4.69) is 4.98 Å². The molecule has 0 radical (unpaired) electrons. The van der Waals surface area contributed by atoms with Crippen molar-refractivity contribution in [1.82, 2.24) is 4.98 Å². The average Bonchev–Trinajstić information content (AvgIpc) is 2.88. The predicted octanol–water partition coefficient (Wildman–Crippen LogP) is 2.87. The fraction of sp³-hybridized carbons (Fsp3) is 0.333. The van der Waals surface area contributed by atoms with Crippen LogP contribution >= 0.6 is 33.6 Å². The minimum Gasteiger partial charge on any atom is -0.312 e. The largest absolute Gasteiger partial charge is 0.312 e. The number of thiazole rings is 1. The van der Waals surface area contributed by atoms with Crippen molar-refractivity contribution >= 4 is 64.5 Å². The molecule has 1 aliphatic heterocycles. The highest BCUT2D eigenvalue weighted by Crippen LogP contribution is 2.32. The standard InChI is InChI=1S/C12H10Cl2N2O3S2/c13-12-15-9-2-1-8(4-10(9)20-12)16-5-7(3-11(16)17)6-21(14,18)19/h1-2,4,7H,3,5-6H2. The Labute approximate surface area is 134 Å². The van der Waals surface area contributed by atoms with Crippen LogP contribution in [0, 0.1) is 5.92 Å². The highest BCUT2D eigenvalue weighted by atomic mass is 35.7. The highest BCUT2D eigenvalue weighted by Gasteiger charge is 2.33. The van der Waals surface area contributed by atoms with E-state index >= 15 is 0 Å². The summed E-state index contributed by atoms with van der Waals surface area (Å²) in [6, 6.07) is 5.42. The zero-order chi connectivity index (χ0) is 15.2. The van der Waals surface area contributed by atoms with Gasteiger partial charge in [0.15, 0.2) is 4.47 Å². The number of nitrogens with zero attached hydrogens (tertiary/aromatic N) is 2. The average molecular weight is 365 g/mol. The summed E-state index contributed by atoms with van der Waals surface area (Å²) in [7, 11) is 1.66. The molecule has 1 atom stereocenters. The van der Waals surface area contributed by atoms with Crippen molar-refractivity contribution in [1.29, 1.82) is 0 Å². The molecule has 1 amide bonds. The predicted molar refractivity (Wildman–Crippen MR) is 84.7 cm³/mol. The molecule has 1 aromatic carbocycles. The summed E-state index contributed by atoms with van der Waals surface area (Å²) in [5.41, 5.74) is 1.50. The van der Waals surface area contributed by atoms with E-state index in [-0.39, 0.29) is 24.0 Å². The fourth-order valence-electron chi connectivity index (χ4n) is 2.48. The molecule has 0 saturated carbocycles. The first kappa shape index (κ1) is 15.0. The molecule has 1 saturated heterocycles. The van der Waals surface area contributed by atoms with Gasteiger partial charge in [0.1, 0.15) is 0 Å². The Balaban J connectivity index is 1.86. The van der Waals surface area contributed by atoms with E-state index in [9.17, 15) is 13.2 Å². The third-order valence-corrected chi connectivity index (χ3v) is 5.67. The Morgan fingerprint density at radius 1 is 1.43 bits per heavy atom. The molecule has 2 aromatic rings. The van der Waals surface area contributed by atoms with Gasteiger partial charge in [0.05, 0.1) is 16.0 Å². The van der Waals surface area contributed by atoms with Crippen LogP contribution in [0.15, 0.2) is 18.2 Å². The van der Waals surface area contributed by atoms with Crippen molar-refractivity contribution < 1.29 is 13.2 Å². The lowest BCUT2D eigenvalue weighted by molar-refractivity contribution is -0.117. The minimum atomic E-state index is -3.60. The number of carbonyl (C=O) groups is 1. The van der Waals surface area contributed by atoms with Crippen molar-refractivity contribution in [3.8, 4) is 0 Å². The Bertz CT molecular complexity index is 819. The zero-order valence-electron chi connectivity index (χ0n) is 10.6. The molecule has 5 nitrogen and oxygen atoms in total. The number of benzene rings is 1. The van der Waals surface area contributed by atoms with Gasteiger partial charge in [-0.2, -0.15) is 0 Å². The van der Waals surface area contributed by atoms with Crippen molar-refractivity contribution in [3.63, 3.8) is 0 Å². The van der Waals surface area contributed by atoms with Crippen molar-refractivity contribution in [2.75, 3.05) is 17.2 Å². The number of halogens is 2. The van der Waals surface area contributed by atoms with Crippen molar-refractivity contribution in [2.24, 2.45) is 5.92 Å². The van der Waals surface area contributed by atoms with E-state index in [1.807, 2.05) is 6.07 Å². The third-order valence-electron chi connectivity index (χ3n) is 3.30. The Morgan fingerprint density at radius 2 is 2.19 bits per heavy atom. The van der Waals surface area contributed by atoms with Crippen LogP contribution in [0.2, 0.25) is 4.47 Å². The van der Waals surface area contributed by atoms with Gasteiger partial charge in [0.2, 0.25) is 15.0 Å². The lowest BCUT2D eigenvalue weighted by Gasteiger charge is -2.16. The summed E-state index contributed by atoms with van der Waals surface area (Å²) in [5, 5.41) is 0. The second kappa shape index (κ2) is 5.39. The van der Waals surface area contributed by atoms with Crippen LogP contribution in [0.3, 0.4) is 0 Å². The van der Waals surface area contributed by atoms with Crippen LogP contribution in [0.4, 0.5) is 5.69 Å². The maximum atomic E-state index is 12.1. The van der Waals surface area contributed by atoms with Crippen molar-refractivity contribution in [3.05, 3.63) is 22.7 Å². The van der Waals surface area contributed by atoms with E-state index in [0.717, 1.165) is 15.9 Å². The lowest BCUT2D eigenvalue weighted by Crippen LogP contribution is -2.25. The number of rotatable bonds is 3. The summed E-state index contributed by atoms with van der Waals surface area (Å²) in [6.45, 7) is 0.350. The van der Waals surface area contributed by atoms with E-state index in [0.29, 0.717) is 11.0 Å². The van der Waals surface area contributed by atoms with Gasteiger partial charge in [-0.05, 0) is 18.2 Å². The first-order valence-corrected chi connectivity index (χ1v) is 9.78. The van der Waals surface area contributed by atoms with Crippen LogP contribution in [-0.2, 0) is 13.8 Å². The summed E-state index contributed by atoms with van der Waals surface area (Å²) in [5.74, 6) is -0.568. The molecule has 0 bridgehead atoms. The Kier molecular flexibility index (Phi) is 3.85. The van der Waals surface area contributed by atoms with Gasteiger partial charge in [0, 0.05) is 35.3 Å². The molecular weight excluding hydrogens is 355 g/mol. The smallest absolute Gasteiger partial charge is 0.232 e. The van der Waals surface area contributed by atoms with Gasteiger partial charge in [-0.1, -0.05) is 11.6 Å². The highest BCUT2D eigenvalue weighted by molar-refractivity contribution is 8.13. The number of aromatic nitrogens is 1. The van der Waals surface area contributed by atoms with E-state index in [1.54, 1.807) is 17.0 Å². The van der Waals surface area contributed by atoms with Gasteiger partial charge < -0.3 is 4.90 Å². The number of hydrogen-bond donors (Lipinski definition) is 0. The minimum absolute atomic E-state index is 0.102. The molecule has 21 heavy (non-hydrogen) atoms. The number of carbonyl (C=O) groups excluding carboxylic acids is 1. The first-order chi connectivity index (χ1) is 9.82. The second-order valence-corrected chi connectivity index (χ2v) is 9.33. The Morgan fingerprint density at radius 3 is 2.90 bits per heavy atom. The van der Waals surface area contributed by atoms with Crippen molar-refractivity contribution in [2.45, 2.75) is 6.42 Å². The fourth-order valence-corrected chi connectivity index (χ4v) is 4.86. The molecular formula is C12H10Cl2N2O3S2. The molecule has 112 valence electrons. The van der Waals surface area contributed by atoms with Gasteiger partial charge in [-0.15, -0.1) is 11.3 Å². The van der Waals surface area contributed by atoms with Gasteiger partial charge in [-0.3, -0.25) is 4.79 Å². The molecule has 0 spiro atoms.